The van der Waals surface area contributed by atoms with Gasteiger partial charge in [0.1, 0.15) is 22.8 Å². The molecule has 2 aromatic rings. The zero-order valence-corrected chi connectivity index (χ0v) is 18.2. The number of carbonyl (C=O) groups excluding carboxylic acids is 1. The summed E-state index contributed by atoms with van der Waals surface area (Å²) in [6.45, 7) is 10.3. The fourth-order valence-corrected chi connectivity index (χ4v) is 3.71. The molecule has 5 nitrogen and oxygen atoms in total. The van der Waals surface area contributed by atoms with E-state index in [2.05, 4.69) is 31.3 Å². The Kier molecular flexibility index (Phi) is 6.06. The van der Waals surface area contributed by atoms with Crippen LogP contribution in [0.25, 0.3) is 0 Å². The predicted octanol–water partition coefficient (Wildman–Crippen LogP) is 4.92. The highest BCUT2D eigenvalue weighted by Crippen LogP contribution is 2.41. The lowest BCUT2D eigenvalue weighted by Gasteiger charge is -2.38. The Morgan fingerprint density at radius 3 is 2.69 bits per heavy atom. The number of nitrogens with one attached hydrogen (secondary N) is 1. The zero-order chi connectivity index (χ0) is 21.2. The van der Waals surface area contributed by atoms with Gasteiger partial charge in [-0.05, 0) is 62.1 Å². The summed E-state index contributed by atoms with van der Waals surface area (Å²) in [6.07, 6.45) is 0.667. The van der Waals surface area contributed by atoms with Crippen LogP contribution in [-0.2, 0) is 4.79 Å². The molecule has 3 rings (SSSR count). The van der Waals surface area contributed by atoms with Crippen molar-refractivity contribution >= 4 is 5.91 Å². The van der Waals surface area contributed by atoms with Crippen molar-refractivity contribution in [2.45, 2.75) is 58.6 Å². The van der Waals surface area contributed by atoms with E-state index >= 15 is 0 Å². The van der Waals surface area contributed by atoms with Crippen molar-refractivity contribution in [2.75, 3.05) is 13.7 Å². The van der Waals surface area contributed by atoms with Gasteiger partial charge in [0.15, 0.2) is 6.61 Å². The number of fused-ring (bicyclic) bond motifs is 1. The number of methoxy groups -OCH3 is 1. The van der Waals surface area contributed by atoms with E-state index in [9.17, 15) is 4.79 Å². The molecule has 0 radical (unpaired) electrons. The molecule has 1 aliphatic heterocycles. The minimum atomic E-state index is -0.373. The fourth-order valence-electron chi connectivity index (χ4n) is 3.71. The smallest absolute Gasteiger partial charge is 0.258 e. The molecule has 1 unspecified atom stereocenters. The SMILES string of the molecule is COc1ccc2c(c1)C(NC(=O)COc1cc(C)ccc1C(C)C)CC(C)(C)O2. The third-order valence-corrected chi connectivity index (χ3v) is 5.16. The molecule has 0 aromatic heterocycles. The Bertz CT molecular complexity index is 888. The van der Waals surface area contributed by atoms with Gasteiger partial charge in [0, 0.05) is 12.0 Å². The molecule has 0 spiro atoms. The lowest BCUT2D eigenvalue weighted by Crippen LogP contribution is -2.42. The maximum absolute atomic E-state index is 12.7. The van der Waals surface area contributed by atoms with Gasteiger partial charge in [-0.1, -0.05) is 26.0 Å². The van der Waals surface area contributed by atoms with Crippen molar-refractivity contribution in [1.82, 2.24) is 5.32 Å². The van der Waals surface area contributed by atoms with E-state index in [-0.39, 0.29) is 24.2 Å². The summed E-state index contributed by atoms with van der Waals surface area (Å²) in [7, 11) is 1.63. The first-order valence-electron chi connectivity index (χ1n) is 10.1. The van der Waals surface area contributed by atoms with Crippen molar-refractivity contribution in [2.24, 2.45) is 0 Å². The van der Waals surface area contributed by atoms with Crippen LogP contribution in [0.5, 0.6) is 17.2 Å². The molecule has 0 fully saturated rings. The number of hydrogen-bond acceptors (Lipinski definition) is 4. The van der Waals surface area contributed by atoms with Crippen LogP contribution in [0.15, 0.2) is 36.4 Å². The molecule has 1 heterocycles. The van der Waals surface area contributed by atoms with Gasteiger partial charge in [0.2, 0.25) is 0 Å². The molecule has 2 aromatic carbocycles. The van der Waals surface area contributed by atoms with E-state index < -0.39 is 0 Å². The first-order valence-corrected chi connectivity index (χ1v) is 10.1. The number of rotatable bonds is 6. The summed E-state index contributed by atoms with van der Waals surface area (Å²) >= 11 is 0. The Morgan fingerprint density at radius 1 is 1.24 bits per heavy atom. The van der Waals surface area contributed by atoms with E-state index in [1.54, 1.807) is 7.11 Å². The average molecular weight is 398 g/mol. The van der Waals surface area contributed by atoms with Crippen molar-refractivity contribution < 1.29 is 19.0 Å². The largest absolute Gasteiger partial charge is 0.497 e. The van der Waals surface area contributed by atoms with E-state index in [1.165, 1.54) is 0 Å². The van der Waals surface area contributed by atoms with Crippen LogP contribution in [0.2, 0.25) is 0 Å². The highest BCUT2D eigenvalue weighted by molar-refractivity contribution is 5.78. The highest BCUT2D eigenvalue weighted by atomic mass is 16.5. The molecule has 29 heavy (non-hydrogen) atoms. The van der Waals surface area contributed by atoms with Crippen molar-refractivity contribution in [3.8, 4) is 17.2 Å². The Hall–Kier alpha value is -2.69. The number of hydrogen-bond donors (Lipinski definition) is 1. The van der Waals surface area contributed by atoms with Crippen LogP contribution in [0.4, 0.5) is 0 Å². The summed E-state index contributed by atoms with van der Waals surface area (Å²) in [4.78, 5) is 12.7. The fraction of sp³-hybridized carbons (Fsp3) is 0.458. The molecule has 0 aliphatic carbocycles. The summed E-state index contributed by atoms with van der Waals surface area (Å²) < 4.78 is 17.3. The summed E-state index contributed by atoms with van der Waals surface area (Å²) in [5, 5.41) is 3.12. The first kappa shape index (κ1) is 21.0. The van der Waals surface area contributed by atoms with E-state index in [1.807, 2.05) is 45.0 Å². The molecule has 1 aliphatic rings. The summed E-state index contributed by atoms with van der Waals surface area (Å²) in [5.74, 6) is 2.45. The van der Waals surface area contributed by atoms with Gasteiger partial charge in [-0.3, -0.25) is 4.79 Å². The van der Waals surface area contributed by atoms with Crippen LogP contribution < -0.4 is 19.5 Å². The number of carbonyl (C=O) groups is 1. The third-order valence-electron chi connectivity index (χ3n) is 5.16. The van der Waals surface area contributed by atoms with Crippen molar-refractivity contribution in [3.63, 3.8) is 0 Å². The van der Waals surface area contributed by atoms with Crippen LogP contribution in [0.1, 0.15) is 62.8 Å². The monoisotopic (exact) mass is 397 g/mol. The lowest BCUT2D eigenvalue weighted by molar-refractivity contribution is -0.124. The molecular weight excluding hydrogens is 366 g/mol. The molecular formula is C24H31NO4. The molecule has 5 heteroatoms. The topological polar surface area (TPSA) is 56.8 Å². The summed E-state index contributed by atoms with van der Waals surface area (Å²) in [6, 6.07) is 11.6. The normalized spacial score (nSPS) is 17.3. The van der Waals surface area contributed by atoms with Gasteiger partial charge >= 0.3 is 0 Å². The second kappa shape index (κ2) is 8.36. The second-order valence-electron chi connectivity index (χ2n) is 8.57. The van der Waals surface area contributed by atoms with Crippen LogP contribution >= 0.6 is 0 Å². The maximum atomic E-state index is 12.7. The average Bonchev–Trinajstić information content (AvgIpc) is 2.65. The maximum Gasteiger partial charge on any atom is 0.258 e. The van der Waals surface area contributed by atoms with Gasteiger partial charge in [0.05, 0.1) is 13.2 Å². The lowest BCUT2D eigenvalue weighted by atomic mass is 9.89. The second-order valence-corrected chi connectivity index (χ2v) is 8.57. The quantitative estimate of drug-likeness (QED) is 0.751. The van der Waals surface area contributed by atoms with Gasteiger partial charge in [-0.25, -0.2) is 0 Å². The van der Waals surface area contributed by atoms with Gasteiger partial charge in [-0.15, -0.1) is 0 Å². The van der Waals surface area contributed by atoms with Gasteiger partial charge in [0.25, 0.3) is 5.91 Å². The Labute approximate surface area is 173 Å². The van der Waals surface area contributed by atoms with E-state index in [0.29, 0.717) is 12.3 Å². The number of aryl methyl sites for hydroxylation is 1. The standard InChI is InChI=1S/C24H31NO4/c1-15(2)18-9-7-16(3)11-22(18)28-14-23(26)25-20-13-24(4,5)29-21-10-8-17(27-6)12-19(20)21/h7-12,15,20H,13-14H2,1-6H3,(H,25,26). The molecule has 0 saturated carbocycles. The Balaban J connectivity index is 1.74. The minimum Gasteiger partial charge on any atom is -0.497 e. The molecule has 0 saturated heterocycles. The van der Waals surface area contributed by atoms with Crippen LogP contribution in [0.3, 0.4) is 0 Å². The van der Waals surface area contributed by atoms with Crippen LogP contribution in [0, 0.1) is 6.92 Å². The third kappa shape index (κ3) is 5.03. The summed E-state index contributed by atoms with van der Waals surface area (Å²) in [5.41, 5.74) is 2.76. The molecule has 0 bridgehead atoms. The van der Waals surface area contributed by atoms with E-state index in [0.717, 1.165) is 33.9 Å². The van der Waals surface area contributed by atoms with E-state index in [4.69, 9.17) is 14.2 Å². The predicted molar refractivity (Wildman–Crippen MR) is 114 cm³/mol. The van der Waals surface area contributed by atoms with Gasteiger partial charge < -0.3 is 19.5 Å². The Morgan fingerprint density at radius 2 is 2.00 bits per heavy atom. The van der Waals surface area contributed by atoms with Gasteiger partial charge in [-0.2, -0.15) is 0 Å². The molecule has 156 valence electrons. The number of benzene rings is 2. The molecule has 1 amide bonds. The zero-order valence-electron chi connectivity index (χ0n) is 18.2. The first-order chi connectivity index (χ1) is 13.7. The van der Waals surface area contributed by atoms with Crippen molar-refractivity contribution in [1.29, 1.82) is 0 Å². The van der Waals surface area contributed by atoms with Crippen molar-refractivity contribution in [3.05, 3.63) is 53.1 Å². The molecule has 1 atom stereocenters. The highest BCUT2D eigenvalue weighted by Gasteiger charge is 2.35. The number of amides is 1. The minimum absolute atomic E-state index is 0.0275. The van der Waals surface area contributed by atoms with Crippen LogP contribution in [-0.4, -0.2) is 25.2 Å². The number of ether oxygens (including phenoxy) is 3. The molecule has 1 N–H and O–H groups in total.